The van der Waals surface area contributed by atoms with Crippen LogP contribution in [0.5, 0.6) is 0 Å². The molecule has 0 aromatic rings. The third-order valence-corrected chi connectivity index (χ3v) is 11.6. The van der Waals surface area contributed by atoms with Crippen molar-refractivity contribution in [1.82, 2.24) is 5.32 Å². The molecule has 1 amide bonds. The number of aliphatic hydroxyl groups excluding tert-OH is 5. The van der Waals surface area contributed by atoms with Crippen molar-refractivity contribution in [1.29, 1.82) is 0 Å². The Bertz CT molecular complexity index is 888. The van der Waals surface area contributed by atoms with Crippen LogP contribution in [-0.4, -0.2) is 87.5 Å². The van der Waals surface area contributed by atoms with E-state index in [0.717, 1.165) is 38.5 Å². The van der Waals surface area contributed by atoms with E-state index in [-0.39, 0.29) is 12.5 Å². The Kier molecular flexibility index (Phi) is 36.1. The minimum absolute atomic E-state index is 0.136. The standard InChI is InChI=1S/C47H91NO8/c1-3-5-7-9-11-13-15-17-19-20-21-22-23-25-27-29-31-33-35-37-43(51)48-40(39-55-47-46(54)45(53)44(52)42(38-49)56-47)41(50)36-34-32-30-28-26-24-18-16-14-12-10-8-6-4-2/h20-21,40-42,44-47,49-50,52-54H,3-19,22-39H2,1-2H3,(H,48,51)/b21-20-. The second kappa shape index (κ2) is 38.2. The van der Waals surface area contributed by atoms with Crippen molar-refractivity contribution in [2.75, 3.05) is 13.2 Å². The van der Waals surface area contributed by atoms with Gasteiger partial charge in [-0.2, -0.15) is 0 Å². The number of rotatable bonds is 40. The normalized spacial score (nSPS) is 21.2. The van der Waals surface area contributed by atoms with Gasteiger partial charge in [-0.15, -0.1) is 0 Å². The summed E-state index contributed by atoms with van der Waals surface area (Å²) in [6.45, 7) is 3.84. The van der Waals surface area contributed by atoms with E-state index < -0.39 is 49.5 Å². The molecule has 1 fully saturated rings. The number of aliphatic hydroxyl groups is 5. The summed E-state index contributed by atoms with van der Waals surface area (Å²) < 4.78 is 11.3. The maximum atomic E-state index is 13.0. The largest absolute Gasteiger partial charge is 0.394 e. The van der Waals surface area contributed by atoms with Crippen molar-refractivity contribution in [2.24, 2.45) is 0 Å². The lowest BCUT2D eigenvalue weighted by Crippen LogP contribution is -2.60. The third kappa shape index (κ3) is 28.4. The van der Waals surface area contributed by atoms with Crippen LogP contribution in [0.1, 0.15) is 226 Å². The Balaban J connectivity index is 2.30. The van der Waals surface area contributed by atoms with Crippen LogP contribution >= 0.6 is 0 Å². The van der Waals surface area contributed by atoms with Crippen LogP contribution in [0.3, 0.4) is 0 Å². The number of amides is 1. The van der Waals surface area contributed by atoms with Gasteiger partial charge in [0.2, 0.25) is 5.91 Å². The summed E-state index contributed by atoms with van der Waals surface area (Å²) in [5.41, 5.74) is 0. The highest BCUT2D eigenvalue weighted by Gasteiger charge is 2.44. The molecule has 1 aliphatic rings. The number of carbonyl (C=O) groups excluding carboxylic acids is 1. The highest BCUT2D eigenvalue weighted by molar-refractivity contribution is 5.76. The van der Waals surface area contributed by atoms with Crippen LogP contribution in [0.2, 0.25) is 0 Å². The number of hydrogen-bond acceptors (Lipinski definition) is 8. The lowest BCUT2D eigenvalue weighted by Gasteiger charge is -2.40. The number of unbranched alkanes of at least 4 members (excludes halogenated alkanes) is 28. The first-order valence-corrected chi connectivity index (χ1v) is 23.9. The molecule has 0 bridgehead atoms. The van der Waals surface area contributed by atoms with Crippen molar-refractivity contribution in [2.45, 2.75) is 269 Å². The summed E-state index contributed by atoms with van der Waals surface area (Å²) in [6.07, 6.45) is 36.4. The number of allylic oxidation sites excluding steroid dienone is 2. The minimum atomic E-state index is -1.55. The van der Waals surface area contributed by atoms with E-state index in [1.807, 2.05) is 0 Å². The van der Waals surface area contributed by atoms with E-state index in [0.29, 0.717) is 12.8 Å². The van der Waals surface area contributed by atoms with Gasteiger partial charge in [-0.25, -0.2) is 0 Å². The van der Waals surface area contributed by atoms with Gasteiger partial charge in [0.15, 0.2) is 6.29 Å². The second-order valence-corrected chi connectivity index (χ2v) is 16.9. The van der Waals surface area contributed by atoms with Crippen LogP contribution < -0.4 is 5.32 Å². The van der Waals surface area contributed by atoms with Gasteiger partial charge < -0.3 is 40.3 Å². The Hall–Kier alpha value is -1.07. The molecule has 1 saturated heterocycles. The van der Waals surface area contributed by atoms with Crippen molar-refractivity contribution < 1.29 is 39.8 Å². The fourth-order valence-corrected chi connectivity index (χ4v) is 7.74. The summed E-state index contributed by atoms with van der Waals surface area (Å²) in [7, 11) is 0. The lowest BCUT2D eigenvalue weighted by atomic mass is 9.99. The molecular weight excluding hydrogens is 707 g/mol. The minimum Gasteiger partial charge on any atom is -0.394 e. The molecule has 0 aromatic carbocycles. The van der Waals surface area contributed by atoms with Crippen LogP contribution in [-0.2, 0) is 14.3 Å². The van der Waals surface area contributed by atoms with Gasteiger partial charge in [0.25, 0.3) is 0 Å². The molecule has 1 heterocycles. The van der Waals surface area contributed by atoms with Crippen LogP contribution in [0.15, 0.2) is 12.2 Å². The molecule has 56 heavy (non-hydrogen) atoms. The van der Waals surface area contributed by atoms with E-state index in [9.17, 15) is 30.3 Å². The van der Waals surface area contributed by atoms with Gasteiger partial charge in [0, 0.05) is 6.42 Å². The molecule has 0 radical (unpaired) electrons. The van der Waals surface area contributed by atoms with Gasteiger partial charge in [0.1, 0.15) is 24.4 Å². The SMILES string of the molecule is CCCCCCCCCC/C=C\CCCCCCCCCC(=O)NC(COC1OC(CO)C(O)C(O)C1O)C(O)CCCCCCCCCCCCCCCC. The fourth-order valence-electron chi connectivity index (χ4n) is 7.74. The first-order chi connectivity index (χ1) is 27.3. The van der Waals surface area contributed by atoms with Gasteiger partial charge in [-0.05, 0) is 38.5 Å². The molecule has 7 atom stereocenters. The van der Waals surface area contributed by atoms with E-state index >= 15 is 0 Å². The average Bonchev–Trinajstić information content (AvgIpc) is 3.20. The van der Waals surface area contributed by atoms with Gasteiger partial charge in [0.05, 0.1) is 25.4 Å². The number of carbonyl (C=O) groups is 1. The average molecular weight is 798 g/mol. The van der Waals surface area contributed by atoms with E-state index in [4.69, 9.17) is 9.47 Å². The molecule has 7 unspecified atom stereocenters. The van der Waals surface area contributed by atoms with E-state index in [1.54, 1.807) is 0 Å². The second-order valence-electron chi connectivity index (χ2n) is 16.9. The van der Waals surface area contributed by atoms with Crippen molar-refractivity contribution in [3.63, 3.8) is 0 Å². The molecule has 0 saturated carbocycles. The zero-order chi connectivity index (χ0) is 40.9. The molecule has 9 nitrogen and oxygen atoms in total. The zero-order valence-electron chi connectivity index (χ0n) is 36.4. The maximum Gasteiger partial charge on any atom is 0.220 e. The Morgan fingerprint density at radius 1 is 0.589 bits per heavy atom. The predicted molar refractivity (Wildman–Crippen MR) is 231 cm³/mol. The Morgan fingerprint density at radius 3 is 1.45 bits per heavy atom. The van der Waals surface area contributed by atoms with Gasteiger partial charge in [-0.3, -0.25) is 4.79 Å². The van der Waals surface area contributed by atoms with Gasteiger partial charge in [-0.1, -0.05) is 193 Å². The molecule has 1 rings (SSSR count). The van der Waals surface area contributed by atoms with Crippen LogP contribution in [0.4, 0.5) is 0 Å². The molecule has 6 N–H and O–H groups in total. The number of ether oxygens (including phenoxy) is 2. The van der Waals surface area contributed by atoms with E-state index in [2.05, 4.69) is 31.3 Å². The number of hydrogen-bond donors (Lipinski definition) is 6. The Labute approximate surface area is 344 Å². The number of nitrogens with one attached hydrogen (secondary N) is 1. The fraction of sp³-hybridized carbons (Fsp3) is 0.936. The first kappa shape index (κ1) is 52.9. The van der Waals surface area contributed by atoms with Crippen molar-refractivity contribution >= 4 is 5.91 Å². The highest BCUT2D eigenvalue weighted by Crippen LogP contribution is 2.23. The lowest BCUT2D eigenvalue weighted by molar-refractivity contribution is -0.302. The monoisotopic (exact) mass is 798 g/mol. The molecular formula is C47H91NO8. The molecule has 0 spiro atoms. The molecule has 0 aromatic heterocycles. The smallest absolute Gasteiger partial charge is 0.220 e. The van der Waals surface area contributed by atoms with Crippen molar-refractivity contribution in [3.05, 3.63) is 12.2 Å². The summed E-state index contributed by atoms with van der Waals surface area (Å²) in [5, 5.41) is 54.4. The maximum absolute atomic E-state index is 13.0. The zero-order valence-corrected chi connectivity index (χ0v) is 36.4. The highest BCUT2D eigenvalue weighted by atomic mass is 16.7. The van der Waals surface area contributed by atoms with Gasteiger partial charge >= 0.3 is 0 Å². The summed E-state index contributed by atoms with van der Waals surface area (Å²) >= 11 is 0. The van der Waals surface area contributed by atoms with Crippen molar-refractivity contribution in [3.8, 4) is 0 Å². The molecule has 0 aliphatic carbocycles. The molecule has 9 heteroatoms. The van der Waals surface area contributed by atoms with E-state index in [1.165, 1.54) is 161 Å². The summed E-state index contributed by atoms with van der Waals surface area (Å²) in [5.74, 6) is -0.147. The summed E-state index contributed by atoms with van der Waals surface area (Å²) in [6, 6.07) is -0.716. The Morgan fingerprint density at radius 2 is 1.00 bits per heavy atom. The summed E-state index contributed by atoms with van der Waals surface area (Å²) in [4.78, 5) is 13.0. The van der Waals surface area contributed by atoms with Crippen LogP contribution in [0.25, 0.3) is 0 Å². The third-order valence-electron chi connectivity index (χ3n) is 11.6. The topological polar surface area (TPSA) is 149 Å². The quantitative estimate of drug-likeness (QED) is 0.0265. The molecule has 1 aliphatic heterocycles. The van der Waals surface area contributed by atoms with Crippen LogP contribution in [0, 0.1) is 0 Å². The molecule has 332 valence electrons. The predicted octanol–water partition coefficient (Wildman–Crippen LogP) is 10.1. The first-order valence-electron chi connectivity index (χ1n) is 23.9.